The van der Waals surface area contributed by atoms with Crippen molar-refractivity contribution >= 4 is 39.2 Å². The van der Waals surface area contributed by atoms with Crippen LogP contribution in [0.2, 0.25) is 0 Å². The third-order valence-electron chi connectivity index (χ3n) is 4.20. The quantitative estimate of drug-likeness (QED) is 0.607. The maximum absolute atomic E-state index is 12.6. The summed E-state index contributed by atoms with van der Waals surface area (Å²) in [7, 11) is 4.04. The largest absolute Gasteiger partial charge is 0.378 e. The van der Waals surface area contributed by atoms with Crippen molar-refractivity contribution in [3.8, 4) is 0 Å². The first-order valence-electron chi connectivity index (χ1n) is 8.65. The van der Waals surface area contributed by atoms with Crippen molar-refractivity contribution in [2.45, 2.75) is 13.5 Å². The Balaban J connectivity index is 1.67. The summed E-state index contributed by atoms with van der Waals surface area (Å²) in [6, 6.07) is 16.3. The molecule has 3 rings (SSSR count). The Morgan fingerprint density at radius 1 is 1.12 bits per heavy atom. The minimum absolute atomic E-state index is 0.00319. The lowest BCUT2D eigenvalue weighted by molar-refractivity contribution is -0.126. The molecule has 0 bridgehead atoms. The van der Waals surface area contributed by atoms with E-state index >= 15 is 0 Å². The number of benzene rings is 2. The Morgan fingerprint density at radius 2 is 1.85 bits per heavy atom. The highest BCUT2D eigenvalue weighted by Crippen LogP contribution is 2.22. The highest BCUT2D eigenvalue weighted by molar-refractivity contribution is 7.19. The molecule has 0 N–H and O–H groups in total. The van der Waals surface area contributed by atoms with Crippen molar-refractivity contribution in [2.75, 3.05) is 25.5 Å². The lowest BCUT2D eigenvalue weighted by Gasteiger charge is -2.20. The van der Waals surface area contributed by atoms with Crippen LogP contribution >= 0.6 is 11.3 Å². The standard InChI is InChI=1S/C21H23N3OS/c1-4-24(15-16-9-11-17(12-10-16)23(2)3)21(25)14-13-20-22-18-7-5-6-8-19(18)26-20/h5-14H,4,15H2,1-3H3/b14-13+. The molecule has 1 heterocycles. The number of hydrogen-bond acceptors (Lipinski definition) is 4. The molecule has 26 heavy (non-hydrogen) atoms. The number of thiazole rings is 1. The lowest BCUT2D eigenvalue weighted by Crippen LogP contribution is -2.28. The highest BCUT2D eigenvalue weighted by Gasteiger charge is 2.10. The van der Waals surface area contributed by atoms with Gasteiger partial charge in [0.2, 0.25) is 5.91 Å². The number of para-hydroxylation sites is 1. The average molecular weight is 366 g/mol. The number of anilines is 1. The summed E-state index contributed by atoms with van der Waals surface area (Å²) >= 11 is 1.59. The van der Waals surface area contributed by atoms with Crippen LogP contribution < -0.4 is 4.90 Å². The Hall–Kier alpha value is -2.66. The molecule has 0 aliphatic heterocycles. The van der Waals surface area contributed by atoms with E-state index in [0.29, 0.717) is 13.1 Å². The number of nitrogens with zero attached hydrogens (tertiary/aromatic N) is 3. The molecule has 3 aromatic rings. The summed E-state index contributed by atoms with van der Waals surface area (Å²) in [5, 5.41) is 0.853. The summed E-state index contributed by atoms with van der Waals surface area (Å²) in [6.45, 7) is 3.27. The van der Waals surface area contributed by atoms with Gasteiger partial charge in [-0.25, -0.2) is 4.98 Å². The second-order valence-corrected chi connectivity index (χ2v) is 7.33. The van der Waals surface area contributed by atoms with E-state index in [4.69, 9.17) is 0 Å². The average Bonchev–Trinajstić information content (AvgIpc) is 3.07. The van der Waals surface area contributed by atoms with Crippen LogP contribution in [0, 0.1) is 0 Å². The fourth-order valence-electron chi connectivity index (χ4n) is 2.67. The number of amides is 1. The Labute approximate surface area is 158 Å². The number of hydrogen-bond donors (Lipinski definition) is 0. The van der Waals surface area contributed by atoms with Gasteiger partial charge in [0.05, 0.1) is 10.2 Å². The van der Waals surface area contributed by atoms with Gasteiger partial charge < -0.3 is 9.80 Å². The van der Waals surface area contributed by atoms with Crippen LogP contribution in [-0.2, 0) is 11.3 Å². The van der Waals surface area contributed by atoms with E-state index in [2.05, 4.69) is 34.1 Å². The molecule has 0 unspecified atom stereocenters. The topological polar surface area (TPSA) is 36.4 Å². The molecule has 5 heteroatoms. The normalized spacial score (nSPS) is 11.2. The Morgan fingerprint density at radius 3 is 2.50 bits per heavy atom. The van der Waals surface area contributed by atoms with Crippen LogP contribution in [0.3, 0.4) is 0 Å². The molecule has 4 nitrogen and oxygen atoms in total. The zero-order valence-electron chi connectivity index (χ0n) is 15.3. The first-order chi connectivity index (χ1) is 12.6. The summed E-state index contributed by atoms with van der Waals surface area (Å²) in [6.07, 6.45) is 3.43. The molecule has 0 aliphatic rings. The van der Waals surface area contributed by atoms with Gasteiger partial charge in [0.15, 0.2) is 0 Å². The molecule has 0 radical (unpaired) electrons. The molecule has 0 saturated heterocycles. The van der Waals surface area contributed by atoms with Crippen molar-refractivity contribution in [1.82, 2.24) is 9.88 Å². The second-order valence-electron chi connectivity index (χ2n) is 6.27. The van der Waals surface area contributed by atoms with Crippen LogP contribution in [0.5, 0.6) is 0 Å². The predicted octanol–water partition coefficient (Wildman–Crippen LogP) is 4.42. The van der Waals surface area contributed by atoms with E-state index in [1.807, 2.05) is 56.3 Å². The molecule has 2 aromatic carbocycles. The van der Waals surface area contributed by atoms with Gasteiger partial charge in [0.1, 0.15) is 5.01 Å². The molecule has 1 amide bonds. The third kappa shape index (κ3) is 4.29. The van der Waals surface area contributed by atoms with Gasteiger partial charge in [0, 0.05) is 38.9 Å². The zero-order valence-corrected chi connectivity index (χ0v) is 16.2. The van der Waals surface area contributed by atoms with Crippen LogP contribution in [0.4, 0.5) is 5.69 Å². The zero-order chi connectivity index (χ0) is 18.5. The van der Waals surface area contributed by atoms with Crippen molar-refractivity contribution in [3.63, 3.8) is 0 Å². The van der Waals surface area contributed by atoms with Gasteiger partial charge in [-0.2, -0.15) is 0 Å². The monoisotopic (exact) mass is 365 g/mol. The van der Waals surface area contributed by atoms with Crippen LogP contribution in [0.15, 0.2) is 54.6 Å². The van der Waals surface area contributed by atoms with Crippen molar-refractivity contribution < 1.29 is 4.79 Å². The third-order valence-corrected chi connectivity index (χ3v) is 5.20. The smallest absolute Gasteiger partial charge is 0.246 e. The summed E-state index contributed by atoms with van der Waals surface area (Å²) in [5.74, 6) is 0.00319. The van der Waals surface area contributed by atoms with E-state index in [0.717, 1.165) is 26.5 Å². The molecule has 0 aliphatic carbocycles. The summed E-state index contributed by atoms with van der Waals surface area (Å²) < 4.78 is 1.13. The molecular formula is C21H23N3OS. The fraction of sp³-hybridized carbons (Fsp3) is 0.238. The van der Waals surface area contributed by atoms with E-state index in [1.165, 1.54) is 0 Å². The van der Waals surface area contributed by atoms with Gasteiger partial charge >= 0.3 is 0 Å². The van der Waals surface area contributed by atoms with E-state index in [1.54, 1.807) is 17.4 Å². The van der Waals surface area contributed by atoms with Gasteiger partial charge in [-0.1, -0.05) is 24.3 Å². The Kier molecular flexibility index (Phi) is 5.68. The van der Waals surface area contributed by atoms with Gasteiger partial charge in [-0.3, -0.25) is 4.79 Å². The SMILES string of the molecule is CCN(Cc1ccc(N(C)C)cc1)C(=O)/C=C/c1nc2ccccc2s1. The van der Waals surface area contributed by atoms with E-state index in [9.17, 15) is 4.79 Å². The number of rotatable bonds is 6. The lowest BCUT2D eigenvalue weighted by atomic mass is 10.2. The minimum Gasteiger partial charge on any atom is -0.378 e. The molecule has 0 saturated carbocycles. The number of aromatic nitrogens is 1. The Bertz CT molecular complexity index is 879. The number of fused-ring (bicyclic) bond motifs is 1. The summed E-state index contributed by atoms with van der Waals surface area (Å²) in [4.78, 5) is 21.0. The first kappa shape index (κ1) is 18.1. The number of carbonyl (C=O) groups excluding carboxylic acids is 1. The van der Waals surface area contributed by atoms with E-state index in [-0.39, 0.29) is 5.91 Å². The number of likely N-dealkylation sites (N-methyl/N-ethyl adjacent to an activating group) is 1. The number of carbonyl (C=O) groups is 1. The molecule has 0 spiro atoms. The van der Waals surface area contributed by atoms with Gasteiger partial charge in [0.25, 0.3) is 0 Å². The van der Waals surface area contributed by atoms with E-state index < -0.39 is 0 Å². The van der Waals surface area contributed by atoms with Crippen LogP contribution in [0.25, 0.3) is 16.3 Å². The van der Waals surface area contributed by atoms with Crippen LogP contribution in [-0.4, -0.2) is 36.4 Å². The van der Waals surface area contributed by atoms with Crippen molar-refractivity contribution in [3.05, 3.63) is 65.2 Å². The first-order valence-corrected chi connectivity index (χ1v) is 9.47. The molecular weight excluding hydrogens is 342 g/mol. The molecule has 1 aromatic heterocycles. The maximum Gasteiger partial charge on any atom is 0.246 e. The van der Waals surface area contributed by atoms with Crippen molar-refractivity contribution in [2.24, 2.45) is 0 Å². The second kappa shape index (κ2) is 8.15. The van der Waals surface area contributed by atoms with Gasteiger partial charge in [-0.05, 0) is 42.8 Å². The maximum atomic E-state index is 12.6. The molecule has 0 fully saturated rings. The highest BCUT2D eigenvalue weighted by atomic mass is 32.1. The predicted molar refractivity (Wildman–Crippen MR) is 111 cm³/mol. The fourth-order valence-corrected chi connectivity index (χ4v) is 3.55. The summed E-state index contributed by atoms with van der Waals surface area (Å²) in [5.41, 5.74) is 3.25. The molecule has 134 valence electrons. The van der Waals surface area contributed by atoms with Crippen molar-refractivity contribution in [1.29, 1.82) is 0 Å². The molecule has 0 atom stereocenters. The minimum atomic E-state index is 0.00319. The van der Waals surface area contributed by atoms with Crippen LogP contribution in [0.1, 0.15) is 17.5 Å². The van der Waals surface area contributed by atoms with Gasteiger partial charge in [-0.15, -0.1) is 11.3 Å².